The Hall–Kier alpha value is -4.64. The lowest BCUT2D eigenvalue weighted by molar-refractivity contribution is -0.384. The number of fused-ring (bicyclic) bond motifs is 1. The number of nitrogens with one attached hydrogen (secondary N) is 1. The van der Waals surface area contributed by atoms with Gasteiger partial charge in [0.05, 0.1) is 10.5 Å². The molecule has 10 nitrogen and oxygen atoms in total. The van der Waals surface area contributed by atoms with Crippen LogP contribution in [-0.4, -0.2) is 30.6 Å². The number of nitro benzene ring substituents is 1. The lowest BCUT2D eigenvalue weighted by Gasteiger charge is -2.07. The van der Waals surface area contributed by atoms with Gasteiger partial charge in [0.1, 0.15) is 16.5 Å². The third-order valence-electron chi connectivity index (χ3n) is 5.27. The lowest BCUT2D eigenvalue weighted by Crippen LogP contribution is -2.08. The van der Waals surface area contributed by atoms with Crippen molar-refractivity contribution >= 4 is 39.7 Å². The monoisotopic (exact) mass is 486 g/mol. The van der Waals surface area contributed by atoms with Gasteiger partial charge < -0.3 is 9.73 Å². The molecule has 11 heteroatoms. The number of para-hydroxylation sites is 1. The number of hydrogen-bond acceptors (Lipinski definition) is 8. The van der Waals surface area contributed by atoms with Crippen molar-refractivity contribution in [3.05, 3.63) is 87.9 Å². The molecule has 0 aliphatic rings. The van der Waals surface area contributed by atoms with Crippen LogP contribution in [0.2, 0.25) is 0 Å². The van der Waals surface area contributed by atoms with Crippen LogP contribution in [0.5, 0.6) is 0 Å². The molecule has 5 rings (SSSR count). The molecule has 0 atom stereocenters. The van der Waals surface area contributed by atoms with Crippen molar-refractivity contribution in [1.82, 2.24) is 19.8 Å². The summed E-state index contributed by atoms with van der Waals surface area (Å²) >= 11 is 1.44. The van der Waals surface area contributed by atoms with Gasteiger partial charge in [-0.2, -0.15) is 9.61 Å². The fraction of sp³-hybridized carbons (Fsp3) is 0.0833. The summed E-state index contributed by atoms with van der Waals surface area (Å²) < 4.78 is 7.39. The summed E-state index contributed by atoms with van der Waals surface area (Å²) in [5, 5.41) is 27.5. The number of benzene rings is 2. The van der Waals surface area contributed by atoms with Gasteiger partial charge >= 0.3 is 0 Å². The highest BCUT2D eigenvalue weighted by Gasteiger charge is 2.17. The number of nitro groups is 1. The van der Waals surface area contributed by atoms with Gasteiger partial charge in [0.2, 0.25) is 10.9 Å². The predicted octanol–water partition coefficient (Wildman–Crippen LogP) is 5.29. The van der Waals surface area contributed by atoms with Gasteiger partial charge in [-0.05, 0) is 61.9 Å². The summed E-state index contributed by atoms with van der Waals surface area (Å²) in [4.78, 5) is 24.0. The first-order valence-corrected chi connectivity index (χ1v) is 11.3. The Labute approximate surface area is 202 Å². The largest absolute Gasteiger partial charge is 0.456 e. The Morgan fingerprint density at radius 2 is 1.97 bits per heavy atom. The lowest BCUT2D eigenvalue weighted by atomic mass is 10.1. The molecule has 0 spiro atoms. The molecule has 2 aromatic carbocycles. The van der Waals surface area contributed by atoms with E-state index in [-0.39, 0.29) is 11.6 Å². The van der Waals surface area contributed by atoms with Crippen molar-refractivity contribution in [2.75, 3.05) is 5.32 Å². The van der Waals surface area contributed by atoms with Gasteiger partial charge in [-0.15, -0.1) is 10.2 Å². The molecule has 0 unspecified atom stereocenters. The summed E-state index contributed by atoms with van der Waals surface area (Å²) in [5.74, 6) is 1.14. The average Bonchev–Trinajstić information content (AvgIpc) is 3.57. The van der Waals surface area contributed by atoms with E-state index in [1.54, 1.807) is 34.8 Å². The Kier molecular flexibility index (Phi) is 5.67. The molecular weight excluding hydrogens is 468 g/mol. The highest BCUT2D eigenvalue weighted by molar-refractivity contribution is 7.19. The number of anilines is 1. The minimum atomic E-state index is -0.459. The van der Waals surface area contributed by atoms with Crippen LogP contribution >= 0.6 is 11.3 Å². The third-order valence-corrected chi connectivity index (χ3v) is 6.22. The highest BCUT2D eigenvalue weighted by Crippen LogP contribution is 2.31. The van der Waals surface area contributed by atoms with E-state index < -0.39 is 4.92 Å². The van der Waals surface area contributed by atoms with Crippen LogP contribution in [0.25, 0.3) is 32.9 Å². The number of hydrogen-bond donors (Lipinski definition) is 1. The van der Waals surface area contributed by atoms with Gasteiger partial charge in [0.15, 0.2) is 5.82 Å². The second-order valence-electron chi connectivity index (χ2n) is 7.68. The fourth-order valence-corrected chi connectivity index (χ4v) is 4.41. The van der Waals surface area contributed by atoms with Gasteiger partial charge in [-0.3, -0.25) is 14.9 Å². The van der Waals surface area contributed by atoms with E-state index in [0.717, 1.165) is 26.9 Å². The first-order chi connectivity index (χ1) is 16.9. The number of rotatable bonds is 6. The Morgan fingerprint density at radius 3 is 2.74 bits per heavy atom. The molecule has 0 aliphatic carbocycles. The van der Waals surface area contributed by atoms with E-state index in [1.165, 1.54) is 29.6 Å². The topological polar surface area (TPSA) is 128 Å². The molecular formula is C24H18N6O4S. The Morgan fingerprint density at radius 1 is 1.14 bits per heavy atom. The number of amides is 1. The number of carbonyl (C=O) groups excluding carboxylic acids is 1. The molecule has 0 saturated heterocycles. The van der Waals surface area contributed by atoms with E-state index in [2.05, 4.69) is 20.6 Å². The maximum atomic E-state index is 12.5. The van der Waals surface area contributed by atoms with Gasteiger partial charge in [0, 0.05) is 23.4 Å². The molecule has 1 N–H and O–H groups in total. The van der Waals surface area contributed by atoms with Crippen molar-refractivity contribution < 1.29 is 14.1 Å². The van der Waals surface area contributed by atoms with Crippen molar-refractivity contribution in [3.63, 3.8) is 0 Å². The van der Waals surface area contributed by atoms with E-state index in [9.17, 15) is 14.9 Å². The molecule has 0 saturated carbocycles. The standard InChI is InChI=1S/C24H18N6O4S/c1-14-13-16(23-28-29-15(2)26-27-24(29)35-23)7-10-19(14)25-22(31)12-9-17-8-11-21(34-17)18-5-3-4-6-20(18)30(32)33/h3-13H,1-2H3,(H,25,31)/b12-9+. The second kappa shape index (κ2) is 8.95. The molecule has 1 amide bonds. The number of carbonyl (C=O) groups is 1. The average molecular weight is 487 g/mol. The minimum Gasteiger partial charge on any atom is -0.456 e. The zero-order valence-corrected chi connectivity index (χ0v) is 19.4. The summed E-state index contributed by atoms with van der Waals surface area (Å²) in [7, 11) is 0. The molecule has 174 valence electrons. The Balaban J connectivity index is 1.28. The number of furan rings is 1. The molecule has 3 aromatic heterocycles. The van der Waals surface area contributed by atoms with E-state index >= 15 is 0 Å². The van der Waals surface area contributed by atoms with Crippen LogP contribution in [0.4, 0.5) is 11.4 Å². The van der Waals surface area contributed by atoms with Crippen LogP contribution < -0.4 is 5.32 Å². The minimum absolute atomic E-state index is 0.0485. The molecule has 5 aromatic rings. The zero-order chi connectivity index (χ0) is 24.5. The normalized spacial score (nSPS) is 11.4. The van der Waals surface area contributed by atoms with Crippen LogP contribution in [0.3, 0.4) is 0 Å². The number of aromatic nitrogens is 4. The van der Waals surface area contributed by atoms with Gasteiger partial charge in [0.25, 0.3) is 5.69 Å². The number of nitrogens with zero attached hydrogens (tertiary/aromatic N) is 5. The third kappa shape index (κ3) is 4.44. The van der Waals surface area contributed by atoms with E-state index in [0.29, 0.717) is 22.8 Å². The van der Waals surface area contributed by atoms with Crippen molar-refractivity contribution in [3.8, 4) is 21.9 Å². The summed E-state index contributed by atoms with van der Waals surface area (Å²) in [6.07, 6.45) is 2.86. The smallest absolute Gasteiger partial charge is 0.280 e. The first-order valence-electron chi connectivity index (χ1n) is 10.5. The zero-order valence-electron chi connectivity index (χ0n) is 18.6. The van der Waals surface area contributed by atoms with Crippen LogP contribution in [-0.2, 0) is 4.79 Å². The molecule has 0 bridgehead atoms. The molecule has 0 radical (unpaired) electrons. The maximum absolute atomic E-state index is 12.5. The van der Waals surface area contributed by atoms with Crippen LogP contribution in [0, 0.1) is 24.0 Å². The van der Waals surface area contributed by atoms with Gasteiger partial charge in [-0.1, -0.05) is 23.5 Å². The predicted molar refractivity (Wildman–Crippen MR) is 132 cm³/mol. The first kappa shape index (κ1) is 22.2. The highest BCUT2D eigenvalue weighted by atomic mass is 32.1. The quantitative estimate of drug-likeness (QED) is 0.196. The van der Waals surface area contributed by atoms with Crippen molar-refractivity contribution in [2.45, 2.75) is 13.8 Å². The molecule has 0 aliphatic heterocycles. The number of aryl methyl sites for hydroxylation is 2. The summed E-state index contributed by atoms with van der Waals surface area (Å²) in [5.41, 5.74) is 2.79. The van der Waals surface area contributed by atoms with E-state index in [4.69, 9.17) is 4.42 Å². The second-order valence-corrected chi connectivity index (χ2v) is 8.63. The molecule has 3 heterocycles. The Bertz CT molecular complexity index is 1610. The van der Waals surface area contributed by atoms with Crippen molar-refractivity contribution in [1.29, 1.82) is 0 Å². The van der Waals surface area contributed by atoms with E-state index in [1.807, 2.05) is 32.0 Å². The molecule has 35 heavy (non-hydrogen) atoms. The SMILES string of the molecule is Cc1cc(-c2nn3c(C)nnc3s2)ccc1NC(=O)/C=C/c1ccc(-c2ccccc2[N+](=O)[O-])o1. The van der Waals surface area contributed by atoms with Crippen LogP contribution in [0.1, 0.15) is 17.1 Å². The fourth-order valence-electron chi connectivity index (χ4n) is 3.53. The summed E-state index contributed by atoms with van der Waals surface area (Å²) in [6.45, 7) is 3.75. The summed E-state index contributed by atoms with van der Waals surface area (Å²) in [6, 6.07) is 15.3. The maximum Gasteiger partial charge on any atom is 0.280 e. The molecule has 0 fully saturated rings. The van der Waals surface area contributed by atoms with Gasteiger partial charge in [-0.25, -0.2) is 0 Å². The van der Waals surface area contributed by atoms with Crippen LogP contribution in [0.15, 0.2) is 65.1 Å². The van der Waals surface area contributed by atoms with Crippen molar-refractivity contribution in [2.24, 2.45) is 0 Å².